The van der Waals surface area contributed by atoms with Gasteiger partial charge in [-0.15, -0.1) is 0 Å². The largest absolute Gasteiger partial charge is 0.602 e. The molecule has 0 atom stereocenters. The average molecular weight is 216 g/mol. The summed E-state index contributed by atoms with van der Waals surface area (Å²) in [7, 11) is 0. The zero-order valence-electron chi connectivity index (χ0n) is 9.43. The third kappa shape index (κ3) is 1.76. The van der Waals surface area contributed by atoms with Crippen molar-refractivity contribution in [3.05, 3.63) is 42.1 Å². The predicted octanol–water partition coefficient (Wildman–Crippen LogP) is 2.44. The van der Waals surface area contributed by atoms with Crippen LogP contribution in [-0.4, -0.2) is 12.7 Å². The molecule has 3 heteroatoms. The van der Waals surface area contributed by atoms with Gasteiger partial charge in [0.1, 0.15) is 0 Å². The van der Waals surface area contributed by atoms with Gasteiger partial charge < -0.3 is 4.74 Å². The minimum absolute atomic E-state index is 0.322. The highest BCUT2D eigenvalue weighted by atomic mass is 16.5. The number of pyridine rings is 1. The van der Waals surface area contributed by atoms with Crippen molar-refractivity contribution in [2.24, 2.45) is 0 Å². The van der Waals surface area contributed by atoms with Crippen LogP contribution < -0.4 is 4.57 Å². The fourth-order valence-corrected chi connectivity index (χ4v) is 1.74. The maximum Gasteiger partial charge on any atom is 0.602 e. The molecule has 0 fully saturated rings. The zero-order chi connectivity index (χ0) is 11.5. The van der Waals surface area contributed by atoms with Gasteiger partial charge in [-0.25, -0.2) is 0 Å². The summed E-state index contributed by atoms with van der Waals surface area (Å²) in [5, 5.41) is 1.03. The summed E-state index contributed by atoms with van der Waals surface area (Å²) >= 11 is 0. The lowest BCUT2D eigenvalue weighted by atomic mass is 10.2. The van der Waals surface area contributed by atoms with Crippen LogP contribution in [0.25, 0.3) is 10.9 Å². The number of ether oxygens (including phenoxy) is 1. The molecule has 82 valence electrons. The van der Waals surface area contributed by atoms with Crippen LogP contribution >= 0.6 is 0 Å². The molecule has 1 aromatic carbocycles. The molecule has 0 aliphatic carbocycles. The van der Waals surface area contributed by atoms with Crippen LogP contribution in [0.15, 0.2) is 36.4 Å². The standard InChI is InChI=1S/C13H14NO2/c1-3-16-13(15)14-10(2)8-9-11-6-4-5-7-12(11)14/h4-9H,3H2,1-2H3/q+1. The van der Waals surface area contributed by atoms with Gasteiger partial charge in [0, 0.05) is 24.4 Å². The van der Waals surface area contributed by atoms with E-state index in [2.05, 4.69) is 0 Å². The Bertz CT molecular complexity index is 534. The molecule has 1 heterocycles. The SMILES string of the molecule is CCOC(=O)[n+]1c(C)ccc2ccccc21. The van der Waals surface area contributed by atoms with Gasteiger partial charge in [0.25, 0.3) is 0 Å². The Balaban J connectivity index is 2.66. The van der Waals surface area contributed by atoms with E-state index in [1.807, 2.05) is 43.3 Å². The van der Waals surface area contributed by atoms with E-state index in [4.69, 9.17) is 4.74 Å². The third-order valence-corrected chi connectivity index (χ3v) is 2.48. The first kappa shape index (κ1) is 10.6. The van der Waals surface area contributed by atoms with Crippen LogP contribution in [0, 0.1) is 6.92 Å². The smallest absolute Gasteiger partial charge is 0.412 e. The van der Waals surface area contributed by atoms with Crippen LogP contribution in [0.3, 0.4) is 0 Å². The Labute approximate surface area is 94.3 Å². The summed E-state index contributed by atoms with van der Waals surface area (Å²) in [5.74, 6) is 0. The van der Waals surface area contributed by atoms with Crippen LogP contribution in [-0.2, 0) is 4.74 Å². The van der Waals surface area contributed by atoms with Gasteiger partial charge in [-0.3, -0.25) is 0 Å². The molecule has 0 spiro atoms. The molecule has 1 aromatic heterocycles. The van der Waals surface area contributed by atoms with E-state index < -0.39 is 0 Å². The number of para-hydroxylation sites is 1. The first-order chi connectivity index (χ1) is 7.74. The molecule has 0 N–H and O–H groups in total. The number of rotatable bonds is 1. The van der Waals surface area contributed by atoms with Crippen molar-refractivity contribution >= 4 is 17.0 Å². The maximum atomic E-state index is 11.8. The molecule has 0 amide bonds. The van der Waals surface area contributed by atoms with Gasteiger partial charge in [-0.2, -0.15) is 4.79 Å². The van der Waals surface area contributed by atoms with Crippen LogP contribution in [0.5, 0.6) is 0 Å². The highest BCUT2D eigenvalue weighted by Crippen LogP contribution is 2.10. The minimum Gasteiger partial charge on any atom is -0.412 e. The summed E-state index contributed by atoms with van der Waals surface area (Å²) in [5.41, 5.74) is 1.75. The molecular weight excluding hydrogens is 202 g/mol. The highest BCUT2D eigenvalue weighted by molar-refractivity contribution is 5.78. The summed E-state index contributed by atoms with van der Waals surface area (Å²) < 4.78 is 6.64. The van der Waals surface area contributed by atoms with Crippen LogP contribution in [0.2, 0.25) is 0 Å². The molecule has 0 aliphatic heterocycles. The number of carbonyl (C=O) groups is 1. The lowest BCUT2D eigenvalue weighted by molar-refractivity contribution is -0.565. The monoisotopic (exact) mass is 216 g/mol. The Morgan fingerprint density at radius 3 is 2.75 bits per heavy atom. The fraction of sp³-hybridized carbons (Fsp3) is 0.231. The molecule has 2 rings (SSSR count). The summed E-state index contributed by atoms with van der Waals surface area (Å²) in [4.78, 5) is 11.8. The number of aromatic nitrogens is 1. The predicted molar refractivity (Wildman–Crippen MR) is 61.3 cm³/mol. The van der Waals surface area contributed by atoms with E-state index in [1.165, 1.54) is 0 Å². The van der Waals surface area contributed by atoms with E-state index in [1.54, 1.807) is 11.5 Å². The van der Waals surface area contributed by atoms with E-state index in [0.29, 0.717) is 6.61 Å². The second-order valence-electron chi connectivity index (χ2n) is 3.57. The van der Waals surface area contributed by atoms with E-state index >= 15 is 0 Å². The number of hydrogen-bond acceptors (Lipinski definition) is 2. The first-order valence-corrected chi connectivity index (χ1v) is 5.31. The van der Waals surface area contributed by atoms with Gasteiger partial charge in [0.2, 0.25) is 5.52 Å². The Morgan fingerprint density at radius 2 is 2.00 bits per heavy atom. The van der Waals surface area contributed by atoms with Crippen LogP contribution in [0.4, 0.5) is 4.79 Å². The van der Waals surface area contributed by atoms with Gasteiger partial charge in [0.15, 0.2) is 5.69 Å². The Kier molecular flexibility index (Phi) is 2.86. The molecule has 0 saturated heterocycles. The van der Waals surface area contributed by atoms with Crippen molar-refractivity contribution in [3.8, 4) is 0 Å². The van der Waals surface area contributed by atoms with Crippen molar-refractivity contribution in [3.63, 3.8) is 0 Å². The second-order valence-corrected chi connectivity index (χ2v) is 3.57. The number of aryl methyl sites for hydroxylation is 1. The number of benzene rings is 1. The number of fused-ring (bicyclic) bond motifs is 1. The normalized spacial score (nSPS) is 10.4. The molecule has 0 radical (unpaired) electrons. The minimum atomic E-state index is -0.322. The average Bonchev–Trinajstić information content (AvgIpc) is 2.29. The quantitative estimate of drug-likeness (QED) is 0.685. The molecule has 0 aliphatic rings. The van der Waals surface area contributed by atoms with Gasteiger partial charge in [0.05, 0.1) is 6.61 Å². The summed E-state index contributed by atoms with van der Waals surface area (Å²) in [6.07, 6.45) is -0.322. The van der Waals surface area contributed by atoms with E-state index in [-0.39, 0.29) is 6.09 Å². The lowest BCUT2D eigenvalue weighted by Crippen LogP contribution is -2.46. The van der Waals surface area contributed by atoms with E-state index in [0.717, 1.165) is 16.6 Å². The highest BCUT2D eigenvalue weighted by Gasteiger charge is 2.22. The maximum absolute atomic E-state index is 11.8. The third-order valence-electron chi connectivity index (χ3n) is 2.48. The first-order valence-electron chi connectivity index (χ1n) is 5.31. The van der Waals surface area contributed by atoms with Crippen LogP contribution in [0.1, 0.15) is 12.6 Å². The zero-order valence-corrected chi connectivity index (χ0v) is 9.43. The van der Waals surface area contributed by atoms with Gasteiger partial charge in [-0.05, 0) is 19.1 Å². The van der Waals surface area contributed by atoms with Crippen molar-refractivity contribution < 1.29 is 14.1 Å². The lowest BCUT2D eigenvalue weighted by Gasteiger charge is -2.01. The molecule has 3 nitrogen and oxygen atoms in total. The molecular formula is C13H14NO2+. The molecule has 2 aromatic rings. The van der Waals surface area contributed by atoms with Crippen molar-refractivity contribution in [1.82, 2.24) is 0 Å². The molecule has 0 bridgehead atoms. The Morgan fingerprint density at radius 1 is 1.25 bits per heavy atom. The van der Waals surface area contributed by atoms with Crippen molar-refractivity contribution in [2.45, 2.75) is 13.8 Å². The fourth-order valence-electron chi connectivity index (χ4n) is 1.74. The Hall–Kier alpha value is -1.90. The van der Waals surface area contributed by atoms with Crippen molar-refractivity contribution in [1.29, 1.82) is 0 Å². The summed E-state index contributed by atoms with van der Waals surface area (Å²) in [6, 6.07) is 11.7. The molecule has 0 saturated carbocycles. The number of carbonyl (C=O) groups excluding carboxylic acids is 1. The van der Waals surface area contributed by atoms with Gasteiger partial charge in [-0.1, -0.05) is 16.7 Å². The van der Waals surface area contributed by atoms with Crippen molar-refractivity contribution in [2.75, 3.05) is 6.61 Å². The number of hydrogen-bond donors (Lipinski definition) is 0. The molecule has 0 unspecified atom stereocenters. The second kappa shape index (κ2) is 4.31. The topological polar surface area (TPSA) is 30.2 Å². The van der Waals surface area contributed by atoms with Gasteiger partial charge >= 0.3 is 6.09 Å². The van der Waals surface area contributed by atoms with E-state index in [9.17, 15) is 4.79 Å². The number of nitrogens with zero attached hydrogens (tertiary/aromatic N) is 1. The summed E-state index contributed by atoms with van der Waals surface area (Å²) in [6.45, 7) is 4.08. The molecule has 16 heavy (non-hydrogen) atoms.